The van der Waals surface area contributed by atoms with Gasteiger partial charge in [0, 0.05) is 23.3 Å². The summed E-state index contributed by atoms with van der Waals surface area (Å²) in [6.45, 7) is 5.31. The summed E-state index contributed by atoms with van der Waals surface area (Å²) in [7, 11) is 0. The molecule has 1 atom stereocenters. The van der Waals surface area contributed by atoms with Gasteiger partial charge in [0.1, 0.15) is 0 Å². The third-order valence-corrected chi connectivity index (χ3v) is 3.70. The molecule has 3 heteroatoms. The number of aromatic nitrogens is 1. The molecule has 0 saturated heterocycles. The van der Waals surface area contributed by atoms with E-state index in [1.165, 1.54) is 5.56 Å². The van der Waals surface area contributed by atoms with E-state index in [4.69, 9.17) is 0 Å². The molecule has 0 amide bonds. The predicted octanol–water partition coefficient (Wildman–Crippen LogP) is 4.72. The molecule has 0 aliphatic rings. The summed E-state index contributed by atoms with van der Waals surface area (Å²) >= 11 is 3.41. The lowest BCUT2D eigenvalue weighted by Crippen LogP contribution is -2.22. The van der Waals surface area contributed by atoms with E-state index in [2.05, 4.69) is 76.5 Å². The molecular weight excluding hydrogens is 312 g/mol. The smallest absolute Gasteiger partial charge is 0.0542 e. The van der Waals surface area contributed by atoms with Crippen LogP contribution in [0.5, 0.6) is 0 Å². The van der Waals surface area contributed by atoms with E-state index in [0.29, 0.717) is 12.0 Å². The van der Waals surface area contributed by atoms with Crippen LogP contribution >= 0.6 is 15.9 Å². The van der Waals surface area contributed by atoms with E-state index in [9.17, 15) is 0 Å². The fourth-order valence-corrected chi connectivity index (χ4v) is 2.47. The summed E-state index contributed by atoms with van der Waals surface area (Å²) < 4.78 is 1.02. The summed E-state index contributed by atoms with van der Waals surface area (Å²) in [4.78, 5) is 4.41. The molecule has 2 rings (SSSR count). The SMILES string of the molecule is CC(C)CC(NCc1ccc(Br)cn1)c1ccccc1. The molecule has 1 heterocycles. The van der Waals surface area contributed by atoms with Gasteiger partial charge in [0.25, 0.3) is 0 Å². The highest BCUT2D eigenvalue weighted by Gasteiger charge is 2.12. The van der Waals surface area contributed by atoms with Gasteiger partial charge in [-0.05, 0) is 46.0 Å². The van der Waals surface area contributed by atoms with Gasteiger partial charge < -0.3 is 5.32 Å². The molecular formula is C17H21BrN2. The summed E-state index contributed by atoms with van der Waals surface area (Å²) in [6.07, 6.45) is 2.97. The van der Waals surface area contributed by atoms with Crippen molar-refractivity contribution in [3.63, 3.8) is 0 Å². The first kappa shape index (κ1) is 15.2. The van der Waals surface area contributed by atoms with E-state index < -0.39 is 0 Å². The van der Waals surface area contributed by atoms with Crippen molar-refractivity contribution in [2.24, 2.45) is 5.92 Å². The molecule has 0 radical (unpaired) electrons. The fourth-order valence-electron chi connectivity index (χ4n) is 2.23. The molecule has 106 valence electrons. The Morgan fingerprint density at radius 1 is 1.10 bits per heavy atom. The molecule has 1 aromatic carbocycles. The number of benzene rings is 1. The van der Waals surface area contributed by atoms with Gasteiger partial charge in [0.05, 0.1) is 5.69 Å². The van der Waals surface area contributed by atoms with E-state index in [-0.39, 0.29) is 0 Å². The summed E-state index contributed by atoms with van der Waals surface area (Å²) in [5.41, 5.74) is 2.41. The average molecular weight is 333 g/mol. The zero-order chi connectivity index (χ0) is 14.4. The molecule has 2 aromatic rings. The summed E-state index contributed by atoms with van der Waals surface area (Å²) in [5, 5.41) is 3.63. The molecule has 1 unspecified atom stereocenters. The second-order valence-electron chi connectivity index (χ2n) is 5.44. The third kappa shape index (κ3) is 4.73. The number of nitrogens with one attached hydrogen (secondary N) is 1. The lowest BCUT2D eigenvalue weighted by molar-refractivity contribution is 0.426. The topological polar surface area (TPSA) is 24.9 Å². The second kappa shape index (κ2) is 7.55. The van der Waals surface area contributed by atoms with Crippen molar-refractivity contribution in [3.05, 3.63) is 64.4 Å². The molecule has 0 aliphatic heterocycles. The summed E-state index contributed by atoms with van der Waals surface area (Å²) in [5.74, 6) is 0.658. The van der Waals surface area contributed by atoms with E-state index in [0.717, 1.165) is 23.1 Å². The van der Waals surface area contributed by atoms with Crippen molar-refractivity contribution in [3.8, 4) is 0 Å². The van der Waals surface area contributed by atoms with Crippen molar-refractivity contribution in [1.29, 1.82) is 0 Å². The minimum absolute atomic E-state index is 0.377. The number of hydrogen-bond donors (Lipinski definition) is 1. The number of rotatable bonds is 6. The molecule has 0 bridgehead atoms. The molecule has 1 N–H and O–H groups in total. The Hall–Kier alpha value is -1.19. The van der Waals surface area contributed by atoms with Gasteiger partial charge in [-0.2, -0.15) is 0 Å². The molecule has 2 nitrogen and oxygen atoms in total. The number of halogens is 1. The molecule has 20 heavy (non-hydrogen) atoms. The van der Waals surface area contributed by atoms with Gasteiger partial charge >= 0.3 is 0 Å². The van der Waals surface area contributed by atoms with Gasteiger partial charge in [-0.15, -0.1) is 0 Å². The first-order valence-electron chi connectivity index (χ1n) is 7.04. The van der Waals surface area contributed by atoms with Crippen molar-refractivity contribution in [2.45, 2.75) is 32.9 Å². The quantitative estimate of drug-likeness (QED) is 0.827. The predicted molar refractivity (Wildman–Crippen MR) is 87.4 cm³/mol. The van der Waals surface area contributed by atoms with Gasteiger partial charge in [-0.1, -0.05) is 44.2 Å². The van der Waals surface area contributed by atoms with E-state index in [1.54, 1.807) is 0 Å². The van der Waals surface area contributed by atoms with Crippen LogP contribution in [0.25, 0.3) is 0 Å². The van der Waals surface area contributed by atoms with Crippen molar-refractivity contribution < 1.29 is 0 Å². The minimum atomic E-state index is 0.377. The Morgan fingerprint density at radius 2 is 1.85 bits per heavy atom. The maximum absolute atomic E-state index is 4.41. The maximum atomic E-state index is 4.41. The molecule has 0 saturated carbocycles. The van der Waals surface area contributed by atoms with E-state index in [1.807, 2.05) is 12.3 Å². The first-order valence-corrected chi connectivity index (χ1v) is 7.83. The number of pyridine rings is 1. The van der Waals surface area contributed by atoms with Crippen molar-refractivity contribution >= 4 is 15.9 Å². The van der Waals surface area contributed by atoms with Gasteiger partial charge in [-0.3, -0.25) is 4.98 Å². The zero-order valence-electron chi connectivity index (χ0n) is 12.0. The normalized spacial score (nSPS) is 12.6. The van der Waals surface area contributed by atoms with Gasteiger partial charge in [-0.25, -0.2) is 0 Å². The highest BCUT2D eigenvalue weighted by Crippen LogP contribution is 2.21. The highest BCUT2D eigenvalue weighted by molar-refractivity contribution is 9.10. The third-order valence-electron chi connectivity index (χ3n) is 3.23. The Balaban J connectivity index is 2.03. The molecule has 0 spiro atoms. The first-order chi connectivity index (χ1) is 9.65. The van der Waals surface area contributed by atoms with Crippen LogP contribution in [0.4, 0.5) is 0 Å². The van der Waals surface area contributed by atoms with Crippen LogP contribution in [-0.4, -0.2) is 4.98 Å². The number of nitrogens with zero attached hydrogens (tertiary/aromatic N) is 1. The van der Waals surface area contributed by atoms with Crippen LogP contribution in [0.2, 0.25) is 0 Å². The van der Waals surface area contributed by atoms with Gasteiger partial charge in [0.15, 0.2) is 0 Å². The standard InChI is InChI=1S/C17H21BrN2/c1-13(2)10-17(14-6-4-3-5-7-14)20-12-16-9-8-15(18)11-19-16/h3-9,11,13,17,20H,10,12H2,1-2H3. The molecule has 0 fully saturated rings. The number of hydrogen-bond acceptors (Lipinski definition) is 2. The minimum Gasteiger partial charge on any atom is -0.304 e. The fraction of sp³-hybridized carbons (Fsp3) is 0.353. The Bertz CT molecular complexity index is 508. The maximum Gasteiger partial charge on any atom is 0.0542 e. The summed E-state index contributed by atoms with van der Waals surface area (Å²) in [6, 6.07) is 15.1. The van der Waals surface area contributed by atoms with Crippen LogP contribution in [0.1, 0.15) is 37.6 Å². The highest BCUT2D eigenvalue weighted by atomic mass is 79.9. The van der Waals surface area contributed by atoms with Crippen molar-refractivity contribution in [1.82, 2.24) is 10.3 Å². The lowest BCUT2D eigenvalue weighted by atomic mass is 9.97. The Morgan fingerprint density at radius 3 is 2.45 bits per heavy atom. The van der Waals surface area contributed by atoms with Crippen LogP contribution in [0.3, 0.4) is 0 Å². The van der Waals surface area contributed by atoms with Crippen LogP contribution in [0, 0.1) is 5.92 Å². The second-order valence-corrected chi connectivity index (χ2v) is 6.36. The average Bonchev–Trinajstić information content (AvgIpc) is 2.46. The molecule has 0 aliphatic carbocycles. The Labute approximate surface area is 129 Å². The van der Waals surface area contributed by atoms with Gasteiger partial charge in [0.2, 0.25) is 0 Å². The molecule has 1 aromatic heterocycles. The van der Waals surface area contributed by atoms with Crippen LogP contribution < -0.4 is 5.32 Å². The zero-order valence-corrected chi connectivity index (χ0v) is 13.6. The van der Waals surface area contributed by atoms with E-state index >= 15 is 0 Å². The Kier molecular flexibility index (Phi) is 5.74. The van der Waals surface area contributed by atoms with Crippen LogP contribution in [0.15, 0.2) is 53.1 Å². The lowest BCUT2D eigenvalue weighted by Gasteiger charge is -2.21. The monoisotopic (exact) mass is 332 g/mol. The van der Waals surface area contributed by atoms with Crippen molar-refractivity contribution in [2.75, 3.05) is 0 Å². The largest absolute Gasteiger partial charge is 0.304 e. The van der Waals surface area contributed by atoms with Crippen LogP contribution in [-0.2, 0) is 6.54 Å².